The number of alkyl halides is 3. The fourth-order valence-electron chi connectivity index (χ4n) is 4.34. The van der Waals surface area contributed by atoms with E-state index in [9.17, 15) is 27.6 Å². The van der Waals surface area contributed by atoms with Crippen LogP contribution in [0.4, 0.5) is 13.2 Å². The molecule has 4 heterocycles. The third kappa shape index (κ3) is 4.03. The van der Waals surface area contributed by atoms with Crippen molar-refractivity contribution < 1.29 is 22.8 Å². The predicted molar refractivity (Wildman–Crippen MR) is 108 cm³/mol. The fraction of sp³-hybridized carbons (Fsp3) is 0.524. The molecule has 2 amide bonds. The van der Waals surface area contributed by atoms with E-state index in [1.807, 2.05) is 0 Å². The number of imidazole rings is 1. The lowest BCUT2D eigenvalue weighted by molar-refractivity contribution is -0.188. The van der Waals surface area contributed by atoms with E-state index in [0.717, 1.165) is 5.69 Å². The van der Waals surface area contributed by atoms with Gasteiger partial charge in [0.25, 0.3) is 11.5 Å². The van der Waals surface area contributed by atoms with Crippen molar-refractivity contribution in [2.24, 2.45) is 5.92 Å². The summed E-state index contributed by atoms with van der Waals surface area (Å²) < 4.78 is 42.2. The lowest BCUT2D eigenvalue weighted by Gasteiger charge is -2.38. The summed E-state index contributed by atoms with van der Waals surface area (Å²) in [6, 6.07) is 2.58. The summed E-state index contributed by atoms with van der Waals surface area (Å²) in [6.07, 6.45) is -0.852. The Morgan fingerprint density at radius 1 is 1.22 bits per heavy atom. The van der Waals surface area contributed by atoms with Crippen molar-refractivity contribution in [1.29, 1.82) is 0 Å². The van der Waals surface area contributed by atoms with Crippen molar-refractivity contribution in [3.8, 4) is 5.69 Å². The molecule has 0 aliphatic carbocycles. The van der Waals surface area contributed by atoms with Crippen LogP contribution in [0.1, 0.15) is 35.9 Å². The number of amides is 2. The molecule has 2 atom stereocenters. The minimum Gasteiger partial charge on any atom is -0.341 e. The van der Waals surface area contributed by atoms with E-state index in [-0.39, 0.29) is 50.3 Å². The summed E-state index contributed by atoms with van der Waals surface area (Å²) in [5, 5.41) is 0. The molecule has 1 unspecified atom stereocenters. The largest absolute Gasteiger partial charge is 0.393 e. The van der Waals surface area contributed by atoms with Gasteiger partial charge in [-0.2, -0.15) is 13.2 Å². The molecule has 172 valence electrons. The number of aromatic nitrogens is 3. The van der Waals surface area contributed by atoms with Crippen LogP contribution in [-0.2, 0) is 11.3 Å². The topological polar surface area (TPSA) is 80.4 Å². The maximum atomic E-state index is 13.1. The molecule has 32 heavy (non-hydrogen) atoms. The summed E-state index contributed by atoms with van der Waals surface area (Å²) in [5.41, 5.74) is 0.889. The highest BCUT2D eigenvalue weighted by Gasteiger charge is 2.43. The Morgan fingerprint density at radius 2 is 1.97 bits per heavy atom. The molecular weight excluding hydrogens is 427 g/mol. The molecule has 2 aromatic heterocycles. The number of likely N-dealkylation sites (tertiary alicyclic amines) is 1. The quantitative estimate of drug-likeness (QED) is 0.715. The molecule has 1 saturated heterocycles. The zero-order valence-electron chi connectivity index (χ0n) is 17.8. The van der Waals surface area contributed by atoms with Crippen molar-refractivity contribution in [3.05, 3.63) is 46.4 Å². The van der Waals surface area contributed by atoms with Crippen LogP contribution in [-0.4, -0.2) is 67.6 Å². The van der Waals surface area contributed by atoms with E-state index < -0.39 is 30.0 Å². The van der Waals surface area contributed by atoms with Crippen molar-refractivity contribution in [2.75, 3.05) is 19.6 Å². The van der Waals surface area contributed by atoms with Gasteiger partial charge >= 0.3 is 6.18 Å². The van der Waals surface area contributed by atoms with Gasteiger partial charge in [-0.05, 0) is 38.8 Å². The number of carbonyl (C=O) groups is 2. The van der Waals surface area contributed by atoms with Crippen LogP contribution in [0.25, 0.3) is 5.69 Å². The average molecular weight is 451 g/mol. The maximum Gasteiger partial charge on any atom is 0.393 e. The van der Waals surface area contributed by atoms with Crippen LogP contribution in [0.15, 0.2) is 29.5 Å². The molecule has 0 saturated carbocycles. The van der Waals surface area contributed by atoms with Crippen LogP contribution in [0, 0.1) is 12.8 Å². The number of fused-ring (bicyclic) bond motifs is 1. The smallest absolute Gasteiger partial charge is 0.341 e. The van der Waals surface area contributed by atoms with E-state index in [2.05, 4.69) is 4.98 Å². The Morgan fingerprint density at radius 3 is 2.62 bits per heavy atom. The fourth-order valence-corrected chi connectivity index (χ4v) is 4.34. The van der Waals surface area contributed by atoms with Crippen molar-refractivity contribution in [1.82, 2.24) is 23.9 Å². The molecule has 2 aliphatic rings. The third-order valence-electron chi connectivity index (χ3n) is 6.15. The van der Waals surface area contributed by atoms with Crippen LogP contribution in [0.5, 0.6) is 0 Å². The summed E-state index contributed by atoms with van der Waals surface area (Å²) in [6.45, 7) is 3.23. The number of carbonyl (C=O) groups excluding carboxylic acids is 2. The Hall–Kier alpha value is -3.11. The molecule has 0 aromatic carbocycles. The summed E-state index contributed by atoms with van der Waals surface area (Å²) in [5.74, 6) is -2.55. The SMILES string of the molecule is Cc1cn(-c2ccc3n(c2=O)C[C@@H](C)N(CC(=O)N2CCCC(C(F)(F)F)C2)C3=O)cn1. The van der Waals surface area contributed by atoms with E-state index >= 15 is 0 Å². The van der Waals surface area contributed by atoms with E-state index in [0.29, 0.717) is 5.69 Å². The molecule has 0 N–H and O–H groups in total. The maximum absolute atomic E-state index is 13.1. The lowest BCUT2D eigenvalue weighted by atomic mass is 9.97. The molecule has 4 rings (SSSR count). The van der Waals surface area contributed by atoms with Gasteiger partial charge in [-0.15, -0.1) is 0 Å². The third-order valence-corrected chi connectivity index (χ3v) is 6.15. The van der Waals surface area contributed by atoms with Crippen molar-refractivity contribution in [3.63, 3.8) is 0 Å². The lowest BCUT2D eigenvalue weighted by Crippen LogP contribution is -2.54. The van der Waals surface area contributed by atoms with Gasteiger partial charge in [0.1, 0.15) is 17.9 Å². The Bertz CT molecular complexity index is 1110. The molecule has 8 nitrogen and oxygen atoms in total. The second-order valence-corrected chi connectivity index (χ2v) is 8.44. The second-order valence-electron chi connectivity index (χ2n) is 8.44. The first-order valence-electron chi connectivity index (χ1n) is 10.5. The van der Waals surface area contributed by atoms with E-state index in [4.69, 9.17) is 0 Å². The summed E-state index contributed by atoms with van der Waals surface area (Å²) >= 11 is 0. The van der Waals surface area contributed by atoms with Gasteiger partial charge < -0.3 is 18.9 Å². The first-order valence-corrected chi connectivity index (χ1v) is 10.5. The van der Waals surface area contributed by atoms with Crippen LogP contribution >= 0.6 is 0 Å². The van der Waals surface area contributed by atoms with Crippen LogP contribution in [0.3, 0.4) is 0 Å². The molecule has 2 aliphatic heterocycles. The Balaban J connectivity index is 1.54. The number of hydrogen-bond donors (Lipinski definition) is 0. The highest BCUT2D eigenvalue weighted by atomic mass is 19.4. The van der Waals surface area contributed by atoms with Crippen LogP contribution < -0.4 is 5.56 Å². The molecule has 0 spiro atoms. The van der Waals surface area contributed by atoms with Crippen molar-refractivity contribution in [2.45, 2.75) is 45.5 Å². The number of pyridine rings is 1. The van der Waals surface area contributed by atoms with E-state index in [1.54, 1.807) is 24.6 Å². The summed E-state index contributed by atoms with van der Waals surface area (Å²) in [4.78, 5) is 45.4. The first kappa shape index (κ1) is 22.1. The zero-order valence-corrected chi connectivity index (χ0v) is 17.8. The van der Waals surface area contributed by atoms with Gasteiger partial charge in [0.2, 0.25) is 5.91 Å². The first-order chi connectivity index (χ1) is 15.1. The number of piperidine rings is 1. The minimum absolute atomic E-state index is 0.00138. The molecular formula is C21H24F3N5O3. The molecule has 2 aromatic rings. The molecule has 11 heteroatoms. The Labute approximate surface area is 182 Å². The van der Waals surface area contributed by atoms with E-state index in [1.165, 1.54) is 32.8 Å². The average Bonchev–Trinajstić information content (AvgIpc) is 3.17. The molecule has 1 fully saturated rings. The second kappa shape index (κ2) is 8.10. The Kier molecular flexibility index (Phi) is 5.59. The number of aryl methyl sites for hydroxylation is 1. The van der Waals surface area contributed by atoms with Crippen LogP contribution in [0.2, 0.25) is 0 Å². The predicted octanol–water partition coefficient (Wildman–Crippen LogP) is 1.99. The zero-order chi connectivity index (χ0) is 23.2. The van der Waals surface area contributed by atoms with Gasteiger partial charge in [-0.25, -0.2) is 4.98 Å². The van der Waals surface area contributed by atoms with Gasteiger partial charge in [-0.1, -0.05) is 0 Å². The normalized spacial score (nSPS) is 21.6. The standard InChI is InChI=1S/C21H24F3N5O3/c1-13-8-27(12-25-13)16-5-6-17-20(32)28(14(2)9-29(17)19(16)31)11-18(30)26-7-3-4-15(10-26)21(22,23)24/h5-6,8,12,14-15H,3-4,7,9-11H2,1-2H3/t14-,15?/m1/s1. The highest BCUT2D eigenvalue weighted by molar-refractivity contribution is 5.96. The number of nitrogens with zero attached hydrogens (tertiary/aromatic N) is 5. The molecule has 0 bridgehead atoms. The van der Waals surface area contributed by atoms with Gasteiger partial charge in [0.15, 0.2) is 0 Å². The monoisotopic (exact) mass is 451 g/mol. The minimum atomic E-state index is -4.35. The van der Waals surface area contributed by atoms with Gasteiger partial charge in [-0.3, -0.25) is 14.4 Å². The van der Waals surface area contributed by atoms with Crippen molar-refractivity contribution >= 4 is 11.8 Å². The summed E-state index contributed by atoms with van der Waals surface area (Å²) in [7, 11) is 0. The van der Waals surface area contributed by atoms with Gasteiger partial charge in [0, 0.05) is 31.9 Å². The number of halogens is 3. The van der Waals surface area contributed by atoms with Gasteiger partial charge in [0.05, 0.1) is 17.9 Å². The highest BCUT2D eigenvalue weighted by Crippen LogP contribution is 2.33. The number of rotatable bonds is 3. The number of hydrogen-bond acceptors (Lipinski definition) is 4. The molecule has 0 radical (unpaired) electrons.